The summed E-state index contributed by atoms with van der Waals surface area (Å²) in [5.41, 5.74) is 0.812. The molecule has 6 nitrogen and oxygen atoms in total. The van der Waals surface area contributed by atoms with Gasteiger partial charge in [-0.1, -0.05) is 28.1 Å². The van der Waals surface area contributed by atoms with Gasteiger partial charge in [0.25, 0.3) is 11.8 Å². The average molecular weight is 421 g/mol. The van der Waals surface area contributed by atoms with Crippen LogP contribution in [0.15, 0.2) is 53.0 Å². The highest BCUT2D eigenvalue weighted by Gasteiger charge is 2.18. The number of hydrogen-bond acceptors (Lipinski definition) is 4. The number of benzene rings is 2. The Hall–Kier alpha value is -2.38. The van der Waals surface area contributed by atoms with E-state index in [1.165, 1.54) is 0 Å². The molecule has 0 aromatic heterocycles. The minimum Gasteiger partial charge on any atom is -0.481 e. The molecule has 2 rings (SSSR count). The van der Waals surface area contributed by atoms with Crippen LogP contribution < -0.4 is 15.4 Å². The van der Waals surface area contributed by atoms with Gasteiger partial charge in [0, 0.05) is 18.1 Å². The smallest absolute Gasteiger partial charge is 0.265 e. The number of amides is 2. The summed E-state index contributed by atoms with van der Waals surface area (Å²) in [6.45, 7) is 2.46. The predicted molar refractivity (Wildman–Crippen MR) is 104 cm³/mol. The minimum absolute atomic E-state index is 0.278. The summed E-state index contributed by atoms with van der Waals surface area (Å²) in [7, 11) is 1.56. The molecule has 2 aromatic rings. The Morgan fingerprint density at radius 2 is 1.81 bits per heavy atom. The molecule has 7 heteroatoms. The molecule has 2 aromatic carbocycles. The highest BCUT2D eigenvalue weighted by atomic mass is 79.9. The number of carbonyl (C=O) groups is 2. The summed E-state index contributed by atoms with van der Waals surface area (Å²) in [4.78, 5) is 24.7. The van der Waals surface area contributed by atoms with Crippen molar-refractivity contribution in [2.24, 2.45) is 0 Å². The molecule has 0 spiro atoms. The minimum atomic E-state index is -0.721. The van der Waals surface area contributed by atoms with Crippen molar-refractivity contribution in [3.63, 3.8) is 0 Å². The van der Waals surface area contributed by atoms with Gasteiger partial charge in [0.1, 0.15) is 5.75 Å². The molecule has 0 aliphatic carbocycles. The van der Waals surface area contributed by atoms with Crippen molar-refractivity contribution in [2.75, 3.05) is 25.6 Å². The average Bonchev–Trinajstić information content (AvgIpc) is 2.64. The van der Waals surface area contributed by atoms with Gasteiger partial charge in [0.05, 0.1) is 17.9 Å². The number of ether oxygens (including phenoxy) is 2. The molecule has 0 heterocycles. The van der Waals surface area contributed by atoms with Crippen LogP contribution in [0.1, 0.15) is 17.3 Å². The van der Waals surface area contributed by atoms with Crippen molar-refractivity contribution < 1.29 is 19.1 Å². The summed E-state index contributed by atoms with van der Waals surface area (Å²) in [6, 6.07) is 14.0. The molecule has 0 bridgehead atoms. The topological polar surface area (TPSA) is 76.7 Å². The van der Waals surface area contributed by atoms with Crippen molar-refractivity contribution in [3.8, 4) is 5.75 Å². The lowest BCUT2D eigenvalue weighted by Gasteiger charge is -2.16. The van der Waals surface area contributed by atoms with Crippen LogP contribution in [0.25, 0.3) is 0 Å². The maximum atomic E-state index is 12.4. The van der Waals surface area contributed by atoms with E-state index in [1.807, 2.05) is 12.1 Å². The molecule has 0 radical (unpaired) electrons. The van der Waals surface area contributed by atoms with Crippen LogP contribution in [-0.4, -0.2) is 38.2 Å². The van der Waals surface area contributed by atoms with E-state index in [0.717, 1.165) is 4.47 Å². The van der Waals surface area contributed by atoms with Crippen LogP contribution in [0.5, 0.6) is 5.75 Å². The number of rotatable bonds is 8. The van der Waals surface area contributed by atoms with Crippen LogP contribution in [0.4, 0.5) is 5.69 Å². The highest BCUT2D eigenvalue weighted by Crippen LogP contribution is 2.19. The molecule has 0 fully saturated rings. The van der Waals surface area contributed by atoms with Gasteiger partial charge in [0.15, 0.2) is 6.10 Å². The fourth-order valence-corrected chi connectivity index (χ4v) is 2.42. The molecule has 0 saturated heterocycles. The summed E-state index contributed by atoms with van der Waals surface area (Å²) in [5.74, 6) is -0.0362. The third-order valence-electron chi connectivity index (χ3n) is 3.52. The fraction of sp³-hybridized carbons (Fsp3) is 0.263. The number of anilines is 1. The predicted octanol–water partition coefficient (Wildman–Crippen LogP) is 3.23. The van der Waals surface area contributed by atoms with Crippen LogP contribution >= 0.6 is 15.9 Å². The van der Waals surface area contributed by atoms with Crippen LogP contribution in [0.3, 0.4) is 0 Å². The molecule has 0 saturated carbocycles. The lowest BCUT2D eigenvalue weighted by molar-refractivity contribution is -0.122. The lowest BCUT2D eigenvalue weighted by atomic mass is 10.1. The monoisotopic (exact) mass is 420 g/mol. The normalized spacial score (nSPS) is 11.5. The summed E-state index contributed by atoms with van der Waals surface area (Å²) in [5, 5.41) is 5.48. The first-order valence-electron chi connectivity index (χ1n) is 8.10. The van der Waals surface area contributed by atoms with E-state index in [4.69, 9.17) is 9.47 Å². The molecule has 26 heavy (non-hydrogen) atoms. The second-order valence-electron chi connectivity index (χ2n) is 5.50. The Morgan fingerprint density at radius 1 is 1.12 bits per heavy atom. The van der Waals surface area contributed by atoms with Crippen molar-refractivity contribution in [1.29, 1.82) is 0 Å². The number of nitrogens with one attached hydrogen (secondary N) is 2. The molecule has 2 N–H and O–H groups in total. The van der Waals surface area contributed by atoms with E-state index < -0.39 is 6.10 Å². The van der Waals surface area contributed by atoms with Crippen LogP contribution in [0, 0.1) is 0 Å². The number of carbonyl (C=O) groups excluding carboxylic acids is 2. The molecule has 0 aliphatic heterocycles. The molecule has 1 atom stereocenters. The van der Waals surface area contributed by atoms with Crippen molar-refractivity contribution in [2.45, 2.75) is 13.0 Å². The number of halogens is 1. The summed E-state index contributed by atoms with van der Waals surface area (Å²) in [6.07, 6.45) is -0.721. The van der Waals surface area contributed by atoms with E-state index in [1.54, 1.807) is 50.4 Å². The third kappa shape index (κ3) is 5.86. The number of hydrogen-bond donors (Lipinski definition) is 2. The first kappa shape index (κ1) is 19.9. The molecule has 138 valence electrons. The maximum absolute atomic E-state index is 12.4. The second kappa shape index (κ2) is 9.94. The third-order valence-corrected chi connectivity index (χ3v) is 4.05. The van der Waals surface area contributed by atoms with Crippen molar-refractivity contribution >= 4 is 33.4 Å². The maximum Gasteiger partial charge on any atom is 0.265 e. The standard InChI is InChI=1S/C19H21BrN2O4/c1-13(26-15-9-7-14(20)8-10-15)18(23)22-17-6-4-3-5-16(17)19(24)21-11-12-25-2/h3-10,13H,11-12H2,1-2H3,(H,21,24)(H,22,23). The first-order valence-corrected chi connectivity index (χ1v) is 8.90. The van der Waals surface area contributed by atoms with Gasteiger partial charge >= 0.3 is 0 Å². The molecule has 0 aliphatic rings. The van der Waals surface area contributed by atoms with Crippen molar-refractivity contribution in [3.05, 3.63) is 58.6 Å². The Kier molecular flexibility index (Phi) is 7.62. The Labute approximate surface area is 161 Å². The van der Waals surface area contributed by atoms with E-state index in [9.17, 15) is 9.59 Å². The second-order valence-corrected chi connectivity index (χ2v) is 6.41. The van der Waals surface area contributed by atoms with E-state index >= 15 is 0 Å². The number of methoxy groups -OCH3 is 1. The SMILES string of the molecule is COCCNC(=O)c1ccccc1NC(=O)C(C)Oc1ccc(Br)cc1. The fourth-order valence-electron chi connectivity index (χ4n) is 2.16. The van der Waals surface area contributed by atoms with Crippen LogP contribution in [-0.2, 0) is 9.53 Å². The van der Waals surface area contributed by atoms with Crippen molar-refractivity contribution in [1.82, 2.24) is 5.32 Å². The molecule has 1 unspecified atom stereocenters. The zero-order chi connectivity index (χ0) is 18.9. The van der Waals surface area contributed by atoms with Gasteiger partial charge < -0.3 is 20.1 Å². The van der Waals surface area contributed by atoms with E-state index in [-0.39, 0.29) is 11.8 Å². The Morgan fingerprint density at radius 3 is 2.50 bits per heavy atom. The Bertz CT molecular complexity index is 749. The molecule has 2 amide bonds. The zero-order valence-electron chi connectivity index (χ0n) is 14.6. The van der Waals surface area contributed by atoms with E-state index in [2.05, 4.69) is 26.6 Å². The number of para-hydroxylation sites is 1. The summed E-state index contributed by atoms with van der Waals surface area (Å²) >= 11 is 3.35. The van der Waals surface area contributed by atoms with Gasteiger partial charge in [-0.05, 0) is 43.3 Å². The largest absolute Gasteiger partial charge is 0.481 e. The lowest BCUT2D eigenvalue weighted by Crippen LogP contribution is -2.32. The molecular weight excluding hydrogens is 400 g/mol. The zero-order valence-corrected chi connectivity index (χ0v) is 16.2. The van der Waals surface area contributed by atoms with Gasteiger partial charge in [-0.2, -0.15) is 0 Å². The van der Waals surface area contributed by atoms with Crippen LogP contribution in [0.2, 0.25) is 0 Å². The van der Waals surface area contributed by atoms with E-state index in [0.29, 0.717) is 30.2 Å². The van der Waals surface area contributed by atoms with Gasteiger partial charge in [-0.15, -0.1) is 0 Å². The van der Waals surface area contributed by atoms with Gasteiger partial charge in [-0.25, -0.2) is 0 Å². The first-order chi connectivity index (χ1) is 12.5. The van der Waals surface area contributed by atoms with Gasteiger partial charge in [-0.3, -0.25) is 9.59 Å². The van der Waals surface area contributed by atoms with Gasteiger partial charge in [0.2, 0.25) is 0 Å². The quantitative estimate of drug-likeness (QED) is 0.642. The highest BCUT2D eigenvalue weighted by molar-refractivity contribution is 9.10. The summed E-state index contributed by atoms with van der Waals surface area (Å²) < 4.78 is 11.5. The Balaban J connectivity index is 2.01. The molecular formula is C19H21BrN2O4.